The number of urea groups is 1. The van der Waals surface area contributed by atoms with Crippen LogP contribution in [0.5, 0.6) is 5.75 Å². The number of carbonyl (C=O) groups excluding carboxylic acids is 2. The van der Waals surface area contributed by atoms with Crippen molar-refractivity contribution in [3.8, 4) is 5.75 Å². The Morgan fingerprint density at radius 1 is 1.40 bits per heavy atom. The lowest BCUT2D eigenvalue weighted by Crippen LogP contribution is -2.45. The van der Waals surface area contributed by atoms with Gasteiger partial charge in [0.1, 0.15) is 0 Å². The fourth-order valence-electron chi connectivity index (χ4n) is 2.46. The van der Waals surface area contributed by atoms with Crippen molar-refractivity contribution in [1.29, 1.82) is 0 Å². The normalized spacial score (nSPS) is 16.9. The molecule has 1 atom stereocenters. The fraction of sp³-hybridized carbons (Fsp3) is 0.375. The second-order valence-electron chi connectivity index (χ2n) is 5.54. The molecule has 1 aromatic rings. The van der Waals surface area contributed by atoms with Crippen molar-refractivity contribution in [2.24, 2.45) is 0 Å². The highest BCUT2D eigenvalue weighted by Gasteiger charge is 2.32. The lowest BCUT2D eigenvalue weighted by molar-refractivity contribution is -0.398. The first-order valence-electron chi connectivity index (χ1n) is 7.76. The number of nitrogens with one attached hydrogen (secondary N) is 2. The Morgan fingerprint density at radius 3 is 2.76 bits per heavy atom. The molecule has 1 heterocycles. The van der Waals surface area contributed by atoms with Crippen molar-refractivity contribution in [3.63, 3.8) is 0 Å². The van der Waals surface area contributed by atoms with Crippen LogP contribution in [0.1, 0.15) is 38.3 Å². The Balaban J connectivity index is 2.40. The van der Waals surface area contributed by atoms with Crippen LogP contribution in [-0.4, -0.2) is 23.5 Å². The van der Waals surface area contributed by atoms with E-state index >= 15 is 0 Å². The first-order valence-corrected chi connectivity index (χ1v) is 7.76. The molecule has 1 aliphatic rings. The minimum absolute atomic E-state index is 0.142. The second kappa shape index (κ2) is 7.65. The van der Waals surface area contributed by atoms with E-state index in [4.69, 9.17) is 4.74 Å². The van der Waals surface area contributed by atoms with Gasteiger partial charge in [-0.25, -0.2) is 9.59 Å². The van der Waals surface area contributed by atoms with Gasteiger partial charge in [-0.3, -0.25) is 10.1 Å². The van der Waals surface area contributed by atoms with E-state index in [0.717, 1.165) is 18.6 Å². The zero-order valence-corrected chi connectivity index (χ0v) is 13.8. The van der Waals surface area contributed by atoms with Crippen molar-refractivity contribution in [2.45, 2.75) is 32.7 Å². The quantitative estimate of drug-likeness (QED) is 0.347. The maximum atomic E-state index is 12.4. The van der Waals surface area contributed by atoms with E-state index in [1.54, 1.807) is 6.92 Å². The van der Waals surface area contributed by atoms with Crippen LogP contribution in [0.4, 0.5) is 10.5 Å². The number of esters is 1. The summed E-state index contributed by atoms with van der Waals surface area (Å²) in [6.07, 6.45) is 1.54. The van der Waals surface area contributed by atoms with Crippen molar-refractivity contribution in [2.75, 3.05) is 6.61 Å². The smallest absolute Gasteiger partial charge is 0.338 e. The van der Waals surface area contributed by atoms with Crippen LogP contribution >= 0.6 is 0 Å². The largest absolute Gasteiger partial charge is 0.868 e. The minimum atomic E-state index is -0.942. The van der Waals surface area contributed by atoms with Gasteiger partial charge >= 0.3 is 12.0 Å². The number of rotatable bonds is 6. The summed E-state index contributed by atoms with van der Waals surface area (Å²) in [5.41, 5.74) is 0.0670. The van der Waals surface area contributed by atoms with Crippen LogP contribution in [0, 0.1) is 10.1 Å². The molecule has 0 spiro atoms. The molecule has 0 saturated carbocycles. The SMILES string of the molecule is CCCCOC(=O)C1=C(C)NC(=O)N[C@H]1c1ccc([O-])c([N+](=O)[O-])c1. The Morgan fingerprint density at radius 2 is 2.12 bits per heavy atom. The van der Waals surface area contributed by atoms with Gasteiger partial charge in [0.25, 0.3) is 5.69 Å². The molecule has 0 bridgehead atoms. The van der Waals surface area contributed by atoms with E-state index in [1.807, 2.05) is 6.92 Å². The first kappa shape index (κ1) is 18.2. The molecule has 2 amide bonds. The van der Waals surface area contributed by atoms with E-state index in [0.29, 0.717) is 12.1 Å². The molecular weight excluding hydrogens is 330 g/mol. The number of nitrogens with zero attached hydrogens (tertiary/aromatic N) is 1. The van der Waals surface area contributed by atoms with Gasteiger partial charge in [0.05, 0.1) is 23.1 Å². The Kier molecular flexibility index (Phi) is 5.58. The van der Waals surface area contributed by atoms with E-state index in [9.17, 15) is 24.8 Å². The number of nitro groups is 1. The Labute approximate surface area is 143 Å². The van der Waals surface area contributed by atoms with Crippen molar-refractivity contribution in [1.82, 2.24) is 10.6 Å². The summed E-state index contributed by atoms with van der Waals surface area (Å²) in [5.74, 6) is -1.38. The number of allylic oxidation sites excluding steroid dienone is 1. The van der Waals surface area contributed by atoms with Gasteiger partial charge < -0.3 is 20.5 Å². The number of hydrogen-bond acceptors (Lipinski definition) is 6. The molecule has 1 aromatic carbocycles. The molecule has 0 aliphatic carbocycles. The highest BCUT2D eigenvalue weighted by molar-refractivity contribution is 5.95. The number of unbranched alkanes of at least 4 members (excludes halogenated alkanes) is 1. The van der Waals surface area contributed by atoms with Crippen LogP contribution in [0.3, 0.4) is 0 Å². The lowest BCUT2D eigenvalue weighted by Gasteiger charge is -2.28. The summed E-state index contributed by atoms with van der Waals surface area (Å²) in [7, 11) is 0. The molecule has 2 N–H and O–H groups in total. The third-order valence-electron chi connectivity index (χ3n) is 3.73. The molecule has 0 unspecified atom stereocenters. The van der Waals surface area contributed by atoms with Gasteiger partial charge in [0, 0.05) is 11.8 Å². The van der Waals surface area contributed by atoms with E-state index in [-0.39, 0.29) is 17.7 Å². The molecular formula is C16H18N3O6-. The van der Waals surface area contributed by atoms with Crippen LogP contribution in [0.2, 0.25) is 0 Å². The van der Waals surface area contributed by atoms with Gasteiger partial charge in [-0.2, -0.15) is 0 Å². The Bertz CT molecular complexity index is 743. The maximum Gasteiger partial charge on any atom is 0.338 e. The highest BCUT2D eigenvalue weighted by Crippen LogP contribution is 2.32. The molecule has 0 fully saturated rings. The van der Waals surface area contributed by atoms with Crippen LogP contribution in [-0.2, 0) is 9.53 Å². The molecule has 1 aliphatic heterocycles. The zero-order valence-electron chi connectivity index (χ0n) is 13.8. The van der Waals surface area contributed by atoms with Crippen LogP contribution < -0.4 is 15.7 Å². The van der Waals surface area contributed by atoms with Gasteiger partial charge in [0.15, 0.2) is 0 Å². The number of nitro benzene ring substituents is 1. The molecule has 2 rings (SSSR count). The van der Waals surface area contributed by atoms with Gasteiger partial charge in [-0.1, -0.05) is 25.5 Å². The van der Waals surface area contributed by atoms with E-state index in [1.165, 1.54) is 6.07 Å². The number of ether oxygens (including phenoxy) is 1. The van der Waals surface area contributed by atoms with Crippen molar-refractivity contribution < 1.29 is 24.4 Å². The van der Waals surface area contributed by atoms with Crippen molar-refractivity contribution >= 4 is 17.7 Å². The summed E-state index contributed by atoms with van der Waals surface area (Å²) in [5, 5.41) is 27.6. The molecule has 0 aromatic heterocycles. The molecule has 25 heavy (non-hydrogen) atoms. The summed E-state index contributed by atoms with van der Waals surface area (Å²) in [6, 6.07) is 1.95. The van der Waals surface area contributed by atoms with Gasteiger partial charge in [-0.05, 0) is 24.7 Å². The number of hydrogen-bond donors (Lipinski definition) is 2. The fourth-order valence-corrected chi connectivity index (χ4v) is 2.46. The second-order valence-corrected chi connectivity index (χ2v) is 5.54. The standard InChI is InChI=1S/C16H19N3O6/c1-3-4-7-25-15(21)13-9(2)17-16(22)18-14(13)10-5-6-12(20)11(8-10)19(23)24/h5-6,8,14,20H,3-4,7H2,1-2H3,(H2,17,18,22)/p-1/t14-/m0/s1. The predicted molar refractivity (Wildman–Crippen MR) is 85.5 cm³/mol. The zero-order chi connectivity index (χ0) is 18.6. The van der Waals surface area contributed by atoms with E-state index in [2.05, 4.69) is 10.6 Å². The number of benzene rings is 1. The molecule has 9 nitrogen and oxygen atoms in total. The van der Waals surface area contributed by atoms with Crippen molar-refractivity contribution in [3.05, 3.63) is 45.1 Å². The molecule has 134 valence electrons. The summed E-state index contributed by atoms with van der Waals surface area (Å²) < 4.78 is 5.20. The van der Waals surface area contributed by atoms with Gasteiger partial charge in [-0.15, -0.1) is 0 Å². The number of amides is 2. The Hall–Kier alpha value is -3.10. The molecule has 0 radical (unpaired) electrons. The lowest BCUT2D eigenvalue weighted by atomic mass is 9.95. The van der Waals surface area contributed by atoms with E-state index < -0.39 is 34.4 Å². The third-order valence-corrected chi connectivity index (χ3v) is 3.73. The minimum Gasteiger partial charge on any atom is -0.868 e. The topological polar surface area (TPSA) is 134 Å². The monoisotopic (exact) mass is 348 g/mol. The summed E-state index contributed by atoms with van der Waals surface area (Å²) in [6.45, 7) is 3.72. The maximum absolute atomic E-state index is 12.4. The average molecular weight is 348 g/mol. The van der Waals surface area contributed by atoms with Crippen LogP contribution in [0.25, 0.3) is 0 Å². The molecule has 0 saturated heterocycles. The third kappa shape index (κ3) is 4.06. The first-order chi connectivity index (χ1) is 11.8. The number of carbonyl (C=O) groups is 2. The summed E-state index contributed by atoms with van der Waals surface area (Å²) in [4.78, 5) is 34.3. The highest BCUT2D eigenvalue weighted by atomic mass is 16.6. The molecule has 9 heteroatoms. The van der Waals surface area contributed by atoms with Gasteiger partial charge in [0.2, 0.25) is 0 Å². The average Bonchev–Trinajstić information content (AvgIpc) is 2.54. The predicted octanol–water partition coefficient (Wildman–Crippen LogP) is 1.64. The summed E-state index contributed by atoms with van der Waals surface area (Å²) >= 11 is 0. The van der Waals surface area contributed by atoms with Crippen LogP contribution in [0.15, 0.2) is 29.5 Å².